The normalized spacial score (nSPS) is 16.4. The van der Waals surface area contributed by atoms with Crippen LogP contribution >= 0.6 is 0 Å². The molecule has 5 nitrogen and oxygen atoms in total. The summed E-state index contributed by atoms with van der Waals surface area (Å²) in [5.41, 5.74) is 1.46. The second kappa shape index (κ2) is 6.28. The summed E-state index contributed by atoms with van der Waals surface area (Å²) in [5.74, 6) is 0. The summed E-state index contributed by atoms with van der Waals surface area (Å²) in [4.78, 5) is 8.88. The third-order valence-corrected chi connectivity index (χ3v) is 4.80. The second-order valence-electron chi connectivity index (χ2n) is 6.51. The van der Waals surface area contributed by atoms with Gasteiger partial charge in [0.2, 0.25) is 0 Å². The molecule has 0 saturated carbocycles. The first-order chi connectivity index (χ1) is 12.4. The van der Waals surface area contributed by atoms with Gasteiger partial charge in [-0.15, -0.1) is 0 Å². The van der Waals surface area contributed by atoms with Crippen molar-refractivity contribution in [2.45, 2.75) is 6.18 Å². The van der Waals surface area contributed by atoms with Gasteiger partial charge < -0.3 is 9.80 Å². The number of pyridine rings is 1. The highest BCUT2D eigenvalue weighted by atomic mass is 19.4. The van der Waals surface area contributed by atoms with E-state index in [-0.39, 0.29) is 5.56 Å². The van der Waals surface area contributed by atoms with Crippen LogP contribution in [0, 0.1) is 0 Å². The van der Waals surface area contributed by atoms with Crippen LogP contribution in [0.15, 0.2) is 36.7 Å². The van der Waals surface area contributed by atoms with E-state index in [2.05, 4.69) is 32.0 Å². The average molecular weight is 361 g/mol. The van der Waals surface area contributed by atoms with Gasteiger partial charge in [0.05, 0.1) is 11.7 Å². The first-order valence-electron chi connectivity index (χ1n) is 8.37. The number of nitrogens with one attached hydrogen (secondary N) is 1. The number of rotatable bonds is 2. The fraction of sp³-hybridized carbons (Fsp3) is 0.333. The molecule has 0 radical (unpaired) electrons. The molecule has 4 rings (SSSR count). The van der Waals surface area contributed by atoms with Gasteiger partial charge in [-0.1, -0.05) is 6.07 Å². The van der Waals surface area contributed by atoms with Crippen molar-refractivity contribution in [2.24, 2.45) is 0 Å². The lowest BCUT2D eigenvalue weighted by molar-refractivity contribution is -0.140. The molecule has 1 saturated heterocycles. The van der Waals surface area contributed by atoms with Gasteiger partial charge in [0.1, 0.15) is 5.69 Å². The first-order valence-corrected chi connectivity index (χ1v) is 8.37. The van der Waals surface area contributed by atoms with Gasteiger partial charge in [-0.25, -0.2) is 0 Å². The third kappa shape index (κ3) is 3.01. The number of nitrogens with zero attached hydrogens (tertiary/aromatic N) is 4. The molecule has 26 heavy (non-hydrogen) atoms. The van der Waals surface area contributed by atoms with Crippen molar-refractivity contribution in [1.82, 2.24) is 20.1 Å². The Balaban J connectivity index is 1.80. The number of halogens is 3. The van der Waals surface area contributed by atoms with Gasteiger partial charge in [0.25, 0.3) is 0 Å². The molecule has 0 amide bonds. The molecule has 0 bridgehead atoms. The van der Waals surface area contributed by atoms with Gasteiger partial charge in [-0.2, -0.15) is 18.3 Å². The molecule has 1 fully saturated rings. The van der Waals surface area contributed by atoms with E-state index in [1.807, 2.05) is 6.07 Å². The minimum atomic E-state index is -4.48. The van der Waals surface area contributed by atoms with E-state index in [1.165, 1.54) is 6.20 Å². The maximum Gasteiger partial charge on any atom is 0.433 e. The number of piperazine rings is 1. The van der Waals surface area contributed by atoms with Crippen LogP contribution in [-0.2, 0) is 6.18 Å². The molecule has 1 aliphatic rings. The molecule has 0 aliphatic carbocycles. The van der Waals surface area contributed by atoms with Gasteiger partial charge in [-0.3, -0.25) is 10.1 Å². The van der Waals surface area contributed by atoms with E-state index < -0.39 is 11.9 Å². The summed E-state index contributed by atoms with van der Waals surface area (Å²) < 4.78 is 39.6. The molecule has 1 aliphatic heterocycles. The van der Waals surface area contributed by atoms with Crippen LogP contribution in [-0.4, -0.2) is 53.3 Å². The molecule has 0 atom stereocenters. The molecule has 0 unspecified atom stereocenters. The number of hydrogen-bond acceptors (Lipinski definition) is 4. The van der Waals surface area contributed by atoms with Crippen LogP contribution in [0.4, 0.5) is 18.9 Å². The molecule has 136 valence electrons. The highest BCUT2D eigenvalue weighted by Gasteiger charge is 2.36. The smallest absolute Gasteiger partial charge is 0.368 e. The van der Waals surface area contributed by atoms with Crippen LogP contribution in [0.5, 0.6) is 0 Å². The van der Waals surface area contributed by atoms with Crippen LogP contribution < -0.4 is 4.90 Å². The minimum Gasteiger partial charge on any atom is -0.368 e. The van der Waals surface area contributed by atoms with Crippen molar-refractivity contribution >= 4 is 16.6 Å². The predicted molar refractivity (Wildman–Crippen MR) is 94.0 cm³/mol. The van der Waals surface area contributed by atoms with E-state index in [9.17, 15) is 13.2 Å². The zero-order valence-electron chi connectivity index (χ0n) is 14.2. The number of anilines is 1. The largest absolute Gasteiger partial charge is 0.433 e. The van der Waals surface area contributed by atoms with Crippen LogP contribution in [0.1, 0.15) is 5.69 Å². The zero-order chi connectivity index (χ0) is 18.3. The first kappa shape index (κ1) is 16.8. The summed E-state index contributed by atoms with van der Waals surface area (Å²) in [6.07, 6.45) is -1.51. The molecule has 1 aromatic carbocycles. The maximum atomic E-state index is 13.2. The van der Waals surface area contributed by atoms with Crippen molar-refractivity contribution in [3.63, 3.8) is 0 Å². The lowest BCUT2D eigenvalue weighted by atomic mass is 10.0. The number of aromatic nitrogens is 3. The van der Waals surface area contributed by atoms with Gasteiger partial charge >= 0.3 is 6.18 Å². The third-order valence-electron chi connectivity index (χ3n) is 4.80. The van der Waals surface area contributed by atoms with Crippen LogP contribution in [0.3, 0.4) is 0 Å². The molecule has 3 heterocycles. The fourth-order valence-electron chi connectivity index (χ4n) is 3.34. The molecule has 2 aromatic heterocycles. The number of alkyl halides is 3. The Morgan fingerprint density at radius 3 is 2.58 bits per heavy atom. The number of hydrogen-bond donors (Lipinski definition) is 1. The Hall–Kier alpha value is -2.61. The minimum absolute atomic E-state index is 0.0487. The summed E-state index contributed by atoms with van der Waals surface area (Å²) in [5, 5.41) is 6.51. The molecule has 8 heteroatoms. The number of likely N-dealkylation sites (N-methyl/N-ethyl adjacent to an activating group) is 1. The summed E-state index contributed by atoms with van der Waals surface area (Å²) in [6, 6.07) is 7.12. The van der Waals surface area contributed by atoms with Gasteiger partial charge in [0, 0.05) is 49.0 Å². The second-order valence-corrected chi connectivity index (χ2v) is 6.51. The van der Waals surface area contributed by atoms with Crippen molar-refractivity contribution in [1.29, 1.82) is 0 Å². The van der Waals surface area contributed by atoms with Gasteiger partial charge in [-0.05, 0) is 30.8 Å². The zero-order valence-corrected chi connectivity index (χ0v) is 14.2. The van der Waals surface area contributed by atoms with E-state index in [0.717, 1.165) is 42.8 Å². The quantitative estimate of drug-likeness (QED) is 0.760. The maximum absolute atomic E-state index is 13.2. The summed E-state index contributed by atoms with van der Waals surface area (Å²) in [6.45, 7) is 3.64. The topological polar surface area (TPSA) is 48.1 Å². The molecule has 3 aromatic rings. The molecular weight excluding hydrogens is 343 g/mol. The number of H-pyrrole nitrogens is 1. The summed E-state index contributed by atoms with van der Waals surface area (Å²) in [7, 11) is 2.08. The highest BCUT2D eigenvalue weighted by Crippen LogP contribution is 2.37. The Kier molecular flexibility index (Phi) is 4.07. The average Bonchev–Trinajstić information content (AvgIpc) is 3.12. The Morgan fingerprint density at radius 1 is 1.08 bits per heavy atom. The molecule has 0 spiro atoms. The van der Waals surface area contributed by atoms with E-state index in [4.69, 9.17) is 0 Å². The summed E-state index contributed by atoms with van der Waals surface area (Å²) >= 11 is 0. The van der Waals surface area contributed by atoms with E-state index >= 15 is 0 Å². The number of benzene rings is 1. The fourth-order valence-corrected chi connectivity index (χ4v) is 3.34. The number of aromatic amines is 1. The highest BCUT2D eigenvalue weighted by molar-refractivity contribution is 5.95. The van der Waals surface area contributed by atoms with E-state index in [1.54, 1.807) is 24.4 Å². The molecular formula is C18H18F3N5. The Morgan fingerprint density at radius 2 is 1.85 bits per heavy atom. The van der Waals surface area contributed by atoms with Crippen LogP contribution in [0.25, 0.3) is 22.0 Å². The van der Waals surface area contributed by atoms with Crippen molar-refractivity contribution in [3.8, 4) is 11.1 Å². The van der Waals surface area contributed by atoms with Crippen LogP contribution in [0.2, 0.25) is 0 Å². The lowest BCUT2D eigenvalue weighted by Gasteiger charge is -2.34. The van der Waals surface area contributed by atoms with Crippen molar-refractivity contribution < 1.29 is 13.2 Å². The lowest BCUT2D eigenvalue weighted by Crippen LogP contribution is -2.44. The monoisotopic (exact) mass is 361 g/mol. The predicted octanol–water partition coefficient (Wildman–Crippen LogP) is 3.40. The standard InChI is InChI=1S/C18H18F3N5/c1-25-6-8-26(9-7-25)16-4-5-22-15-3-2-12(10-13(15)16)14-11-23-24-17(14)18(19,20)21/h2-5,10-11H,6-9H2,1H3,(H,23,24). The van der Waals surface area contributed by atoms with Gasteiger partial charge in [0.15, 0.2) is 0 Å². The Bertz CT molecular complexity index is 926. The molecule has 1 N–H and O–H groups in total. The van der Waals surface area contributed by atoms with Crippen molar-refractivity contribution in [2.75, 3.05) is 38.1 Å². The van der Waals surface area contributed by atoms with E-state index in [0.29, 0.717) is 5.56 Å². The Labute approximate surface area is 148 Å². The van der Waals surface area contributed by atoms with Crippen molar-refractivity contribution in [3.05, 3.63) is 42.4 Å². The number of fused-ring (bicyclic) bond motifs is 1. The SMILES string of the molecule is CN1CCN(c2ccnc3ccc(-c4cn[nH]c4C(F)(F)F)cc23)CC1.